The number of hydrogen-bond donors (Lipinski definition) is 4. The van der Waals surface area contributed by atoms with Gasteiger partial charge in [-0.15, -0.1) is 0 Å². The smallest absolute Gasteiger partial charge is 0.326 e. The minimum atomic E-state index is -1.39. The van der Waals surface area contributed by atoms with Gasteiger partial charge in [0.15, 0.2) is 5.69 Å². The Morgan fingerprint density at radius 3 is 2.45 bits per heavy atom. The Balaban J connectivity index is 2.72. The molecular weight excluding hydrogens is 274 g/mol. The zero-order valence-electron chi connectivity index (χ0n) is 10.0. The summed E-state index contributed by atoms with van der Waals surface area (Å²) in [5.74, 6) is -3.86. The molecule has 0 radical (unpaired) electrons. The average molecular weight is 285 g/mol. The molecule has 0 aromatic carbocycles. The van der Waals surface area contributed by atoms with Crippen molar-refractivity contribution in [2.24, 2.45) is 0 Å². The van der Waals surface area contributed by atoms with Gasteiger partial charge in [-0.1, -0.05) is 0 Å². The largest absolute Gasteiger partial charge is 0.481 e. The van der Waals surface area contributed by atoms with Gasteiger partial charge >= 0.3 is 17.8 Å². The quantitative estimate of drug-likeness (QED) is 0.403. The highest BCUT2D eigenvalue weighted by atomic mass is 16.6. The minimum Gasteiger partial charge on any atom is -0.481 e. The van der Waals surface area contributed by atoms with Crippen molar-refractivity contribution in [2.75, 3.05) is 0 Å². The summed E-state index contributed by atoms with van der Waals surface area (Å²) in [6, 6.07) is 0.798. The number of carboxylic acid groups (broad SMARTS) is 2. The summed E-state index contributed by atoms with van der Waals surface area (Å²) in [7, 11) is 0. The lowest BCUT2D eigenvalue weighted by Gasteiger charge is -2.11. The number of rotatable bonds is 7. The standard InChI is InChI=1S/C10H11N3O7/c14-8(15)4-2-6(10(17)18)12-9(16)5-1-3-7(11-5)13(19)20/h1,3,6,11H,2,4H2,(H,12,16)(H,14,15)(H,17,18)/t6-/m0/s1. The topological polar surface area (TPSA) is 163 Å². The van der Waals surface area contributed by atoms with Crippen molar-refractivity contribution in [3.8, 4) is 0 Å². The fraction of sp³-hybridized carbons (Fsp3) is 0.300. The molecule has 0 aliphatic carbocycles. The van der Waals surface area contributed by atoms with Gasteiger partial charge < -0.3 is 25.6 Å². The summed E-state index contributed by atoms with van der Waals surface area (Å²) in [4.78, 5) is 44.8. The Kier molecular flexibility index (Phi) is 4.78. The minimum absolute atomic E-state index is 0.182. The average Bonchev–Trinajstić information content (AvgIpc) is 2.83. The van der Waals surface area contributed by atoms with Crippen LogP contribution < -0.4 is 5.32 Å². The number of H-pyrrole nitrogens is 1. The molecule has 0 spiro atoms. The molecule has 0 saturated carbocycles. The number of aromatic amines is 1. The van der Waals surface area contributed by atoms with Crippen LogP contribution in [0, 0.1) is 10.1 Å². The Labute approximate surface area is 111 Å². The number of nitrogens with zero attached hydrogens (tertiary/aromatic N) is 1. The molecule has 1 aromatic heterocycles. The maximum absolute atomic E-state index is 11.7. The lowest BCUT2D eigenvalue weighted by molar-refractivity contribution is -0.389. The van der Waals surface area contributed by atoms with Gasteiger partial charge in [-0.3, -0.25) is 9.59 Å². The second-order valence-electron chi connectivity index (χ2n) is 3.81. The second kappa shape index (κ2) is 6.31. The zero-order chi connectivity index (χ0) is 15.3. The molecule has 0 fully saturated rings. The number of aliphatic carboxylic acids is 2. The van der Waals surface area contributed by atoms with Gasteiger partial charge in [-0.25, -0.2) is 9.78 Å². The van der Waals surface area contributed by atoms with E-state index in [1.807, 2.05) is 0 Å². The van der Waals surface area contributed by atoms with Crippen molar-refractivity contribution >= 4 is 23.7 Å². The lowest BCUT2D eigenvalue weighted by Crippen LogP contribution is -2.41. The molecule has 1 heterocycles. The number of hydrogen-bond acceptors (Lipinski definition) is 5. The Bertz CT molecular complexity index is 551. The third-order valence-corrected chi connectivity index (χ3v) is 2.36. The maximum Gasteiger partial charge on any atom is 0.326 e. The summed E-state index contributed by atoms with van der Waals surface area (Å²) in [5, 5.41) is 29.8. The molecule has 4 N–H and O–H groups in total. The molecule has 10 heteroatoms. The zero-order valence-corrected chi connectivity index (χ0v) is 10.0. The molecule has 1 rings (SSSR count). The summed E-state index contributed by atoms with van der Waals surface area (Å²) in [6.07, 6.45) is -0.721. The fourth-order valence-corrected chi connectivity index (χ4v) is 1.38. The van der Waals surface area contributed by atoms with Crippen molar-refractivity contribution < 1.29 is 29.5 Å². The van der Waals surface area contributed by atoms with Crippen molar-refractivity contribution in [3.05, 3.63) is 27.9 Å². The number of amides is 1. The number of nitrogens with one attached hydrogen (secondary N) is 2. The van der Waals surface area contributed by atoms with E-state index in [9.17, 15) is 24.5 Å². The summed E-state index contributed by atoms with van der Waals surface area (Å²) in [6.45, 7) is 0. The molecule has 10 nitrogen and oxygen atoms in total. The highest BCUT2D eigenvalue weighted by Gasteiger charge is 2.24. The lowest BCUT2D eigenvalue weighted by atomic mass is 10.1. The predicted octanol–water partition coefficient (Wildman–Crippen LogP) is -0.0293. The van der Waals surface area contributed by atoms with Crippen LogP contribution >= 0.6 is 0 Å². The van der Waals surface area contributed by atoms with Crippen LogP contribution in [0.3, 0.4) is 0 Å². The first kappa shape index (κ1) is 15.1. The van der Waals surface area contributed by atoms with Crippen LogP contribution in [0.4, 0.5) is 5.82 Å². The van der Waals surface area contributed by atoms with Crippen molar-refractivity contribution in [3.63, 3.8) is 0 Å². The Morgan fingerprint density at radius 2 is 2.00 bits per heavy atom. The first-order valence-electron chi connectivity index (χ1n) is 5.40. The van der Waals surface area contributed by atoms with E-state index in [1.54, 1.807) is 0 Å². The van der Waals surface area contributed by atoms with Gasteiger partial charge in [0.05, 0.1) is 0 Å². The molecule has 20 heavy (non-hydrogen) atoms. The molecule has 0 unspecified atom stereocenters. The van der Waals surface area contributed by atoms with Gasteiger partial charge in [-0.2, -0.15) is 0 Å². The number of carboxylic acids is 2. The van der Waals surface area contributed by atoms with E-state index < -0.39 is 41.0 Å². The highest BCUT2D eigenvalue weighted by Crippen LogP contribution is 2.10. The second-order valence-corrected chi connectivity index (χ2v) is 3.81. The molecule has 1 aromatic rings. The SMILES string of the molecule is O=C(O)CC[C@H](NC(=O)c1ccc([N+](=O)[O-])[nH]1)C(=O)O. The van der Waals surface area contributed by atoms with E-state index in [-0.39, 0.29) is 12.1 Å². The first-order valence-corrected chi connectivity index (χ1v) is 5.40. The monoisotopic (exact) mass is 285 g/mol. The third kappa shape index (κ3) is 4.08. The van der Waals surface area contributed by atoms with Crippen molar-refractivity contribution in [2.45, 2.75) is 18.9 Å². The van der Waals surface area contributed by atoms with Crippen LogP contribution in [-0.4, -0.2) is 44.0 Å². The number of carbonyl (C=O) groups excluding carboxylic acids is 1. The van der Waals surface area contributed by atoms with Gasteiger partial charge in [-0.05, 0) is 17.4 Å². The molecule has 1 amide bonds. The van der Waals surface area contributed by atoms with E-state index in [2.05, 4.69) is 10.3 Å². The number of carbonyl (C=O) groups is 3. The van der Waals surface area contributed by atoms with Crippen LogP contribution in [0.15, 0.2) is 12.1 Å². The molecule has 0 bridgehead atoms. The van der Waals surface area contributed by atoms with Crippen LogP contribution in [0.2, 0.25) is 0 Å². The molecule has 108 valence electrons. The molecule has 0 aliphatic heterocycles. The van der Waals surface area contributed by atoms with E-state index in [0.717, 1.165) is 12.1 Å². The van der Waals surface area contributed by atoms with Gasteiger partial charge in [0.25, 0.3) is 5.91 Å². The molecule has 0 saturated heterocycles. The third-order valence-electron chi connectivity index (χ3n) is 2.36. The van der Waals surface area contributed by atoms with E-state index in [1.165, 1.54) is 0 Å². The first-order chi connectivity index (χ1) is 9.31. The van der Waals surface area contributed by atoms with Crippen molar-refractivity contribution in [1.82, 2.24) is 10.3 Å². The normalized spacial score (nSPS) is 11.6. The number of aromatic nitrogens is 1. The summed E-state index contributed by atoms with van der Waals surface area (Å²) < 4.78 is 0. The highest BCUT2D eigenvalue weighted by molar-refractivity contribution is 5.95. The van der Waals surface area contributed by atoms with Crippen LogP contribution in [0.25, 0.3) is 0 Å². The van der Waals surface area contributed by atoms with Crippen LogP contribution in [-0.2, 0) is 9.59 Å². The Hall–Kier alpha value is -2.91. The van der Waals surface area contributed by atoms with Crippen molar-refractivity contribution in [1.29, 1.82) is 0 Å². The van der Waals surface area contributed by atoms with E-state index in [0.29, 0.717) is 0 Å². The molecule has 1 atom stereocenters. The van der Waals surface area contributed by atoms with E-state index >= 15 is 0 Å². The predicted molar refractivity (Wildman–Crippen MR) is 63.2 cm³/mol. The van der Waals surface area contributed by atoms with E-state index in [4.69, 9.17) is 10.2 Å². The molecule has 0 aliphatic rings. The Morgan fingerprint density at radius 1 is 1.35 bits per heavy atom. The van der Waals surface area contributed by atoms with Gasteiger partial charge in [0.2, 0.25) is 0 Å². The number of nitro groups is 1. The maximum atomic E-state index is 11.7. The van der Waals surface area contributed by atoms with Crippen LogP contribution in [0.5, 0.6) is 0 Å². The fourth-order valence-electron chi connectivity index (χ4n) is 1.38. The van der Waals surface area contributed by atoms with Gasteiger partial charge in [0, 0.05) is 12.5 Å². The molecular formula is C10H11N3O7. The summed E-state index contributed by atoms with van der Waals surface area (Å²) >= 11 is 0. The summed E-state index contributed by atoms with van der Waals surface area (Å²) in [5.41, 5.74) is -0.182. The van der Waals surface area contributed by atoms with Crippen LogP contribution in [0.1, 0.15) is 23.3 Å². The van der Waals surface area contributed by atoms with Gasteiger partial charge in [0.1, 0.15) is 6.04 Å².